The zero-order valence-electron chi connectivity index (χ0n) is 14.8. The van der Waals surface area contributed by atoms with Gasteiger partial charge < -0.3 is 20.1 Å². The highest BCUT2D eigenvalue weighted by Crippen LogP contribution is 2.22. The van der Waals surface area contributed by atoms with Crippen molar-refractivity contribution in [3.05, 3.63) is 11.9 Å². The zero-order valence-corrected chi connectivity index (χ0v) is 14.8. The quantitative estimate of drug-likeness (QED) is 0.701. The molecule has 1 fully saturated rings. The highest BCUT2D eigenvalue weighted by molar-refractivity contribution is 5.75. The number of hydrogen-bond acceptors (Lipinski definition) is 6. The fourth-order valence-electron chi connectivity index (χ4n) is 2.94. The molecule has 1 aromatic rings. The molecule has 3 atom stereocenters. The lowest BCUT2D eigenvalue weighted by atomic mass is 9.97. The molecule has 2 rings (SSSR count). The first-order valence-corrected chi connectivity index (χ1v) is 8.61. The normalized spacial score (nSPS) is 24.3. The van der Waals surface area contributed by atoms with Crippen LogP contribution in [0.2, 0.25) is 0 Å². The molecule has 136 valence electrons. The number of aliphatic hydroxyl groups is 1. The number of hydrogen-bond donors (Lipinski definition) is 2. The molecule has 1 amide bonds. The van der Waals surface area contributed by atoms with Crippen LogP contribution in [-0.4, -0.2) is 69.9 Å². The first-order chi connectivity index (χ1) is 11.5. The zero-order chi connectivity index (χ0) is 17.5. The van der Waals surface area contributed by atoms with Crippen LogP contribution in [0.5, 0.6) is 0 Å². The Morgan fingerprint density at radius 1 is 1.50 bits per heavy atom. The molecule has 0 aliphatic carbocycles. The van der Waals surface area contributed by atoms with Crippen LogP contribution >= 0.6 is 0 Å². The van der Waals surface area contributed by atoms with E-state index in [1.807, 2.05) is 31.9 Å². The summed E-state index contributed by atoms with van der Waals surface area (Å²) in [4.78, 5) is 13.6. The van der Waals surface area contributed by atoms with Crippen molar-refractivity contribution in [2.75, 3.05) is 20.7 Å². The summed E-state index contributed by atoms with van der Waals surface area (Å²) in [6, 6.07) is -0.100. The Labute approximate surface area is 143 Å². The average Bonchev–Trinajstić information content (AvgIpc) is 3.00. The molecule has 2 N–H and O–H groups in total. The Bertz CT molecular complexity index is 520. The summed E-state index contributed by atoms with van der Waals surface area (Å²) in [5, 5.41) is 20.7. The maximum absolute atomic E-state index is 11.5. The van der Waals surface area contributed by atoms with E-state index in [4.69, 9.17) is 4.74 Å². The monoisotopic (exact) mass is 339 g/mol. The van der Waals surface area contributed by atoms with E-state index in [0.29, 0.717) is 6.42 Å². The van der Waals surface area contributed by atoms with Gasteiger partial charge in [0.1, 0.15) is 6.10 Å². The van der Waals surface area contributed by atoms with E-state index in [2.05, 4.69) is 20.5 Å². The number of rotatable bonds is 8. The minimum Gasteiger partial charge on any atom is -0.394 e. The van der Waals surface area contributed by atoms with Gasteiger partial charge in [0, 0.05) is 25.7 Å². The van der Waals surface area contributed by atoms with Crippen molar-refractivity contribution in [2.24, 2.45) is 0 Å². The van der Waals surface area contributed by atoms with Crippen LogP contribution in [0.4, 0.5) is 0 Å². The predicted molar refractivity (Wildman–Crippen MR) is 89.2 cm³/mol. The van der Waals surface area contributed by atoms with Gasteiger partial charge in [-0.05, 0) is 33.4 Å². The maximum atomic E-state index is 11.5. The second kappa shape index (κ2) is 9.10. The lowest BCUT2D eigenvalue weighted by Crippen LogP contribution is -2.50. The molecule has 0 aromatic carbocycles. The summed E-state index contributed by atoms with van der Waals surface area (Å²) in [5.41, 5.74) is 0.945. The van der Waals surface area contributed by atoms with Crippen molar-refractivity contribution in [3.63, 3.8) is 0 Å². The van der Waals surface area contributed by atoms with Crippen molar-refractivity contribution in [1.82, 2.24) is 25.2 Å². The third kappa shape index (κ3) is 5.54. The maximum Gasteiger partial charge on any atom is 0.220 e. The van der Waals surface area contributed by atoms with Crippen LogP contribution < -0.4 is 5.32 Å². The standard InChI is InChI=1S/C16H29N5O3/c1-4-16(23)17-14-6-5-13(24-15(14)11-22)7-8-21-10-12(18-19-21)9-20(2)3/h10,13-15,22H,4-9,11H2,1-3H3,(H,17,23)/t13-,14+,15-/m1/s1. The molecule has 0 saturated carbocycles. The van der Waals surface area contributed by atoms with Crippen LogP contribution in [0.15, 0.2) is 6.20 Å². The molecule has 1 aliphatic rings. The Hall–Kier alpha value is -1.51. The molecular weight excluding hydrogens is 310 g/mol. The van der Waals surface area contributed by atoms with Crippen molar-refractivity contribution in [2.45, 2.75) is 63.9 Å². The SMILES string of the molecule is CCC(=O)N[C@H]1CC[C@H](CCn2cc(CN(C)C)nn2)O[C@@H]1CO. The van der Waals surface area contributed by atoms with Crippen LogP contribution in [0, 0.1) is 0 Å². The molecule has 0 spiro atoms. The summed E-state index contributed by atoms with van der Waals surface area (Å²) >= 11 is 0. The lowest BCUT2D eigenvalue weighted by molar-refractivity contribution is -0.128. The van der Waals surface area contributed by atoms with Gasteiger partial charge >= 0.3 is 0 Å². The van der Waals surface area contributed by atoms with E-state index >= 15 is 0 Å². The van der Waals surface area contributed by atoms with Gasteiger partial charge in [-0.2, -0.15) is 0 Å². The second-order valence-corrected chi connectivity index (χ2v) is 6.58. The molecule has 1 saturated heterocycles. The fraction of sp³-hybridized carbons (Fsp3) is 0.812. The minimum atomic E-state index is -0.334. The van der Waals surface area contributed by atoms with Gasteiger partial charge in [0.25, 0.3) is 0 Å². The third-order valence-corrected chi connectivity index (χ3v) is 4.21. The minimum absolute atomic E-state index is 0.00321. The van der Waals surface area contributed by atoms with E-state index in [1.54, 1.807) is 0 Å². The first-order valence-electron chi connectivity index (χ1n) is 8.61. The van der Waals surface area contributed by atoms with Crippen molar-refractivity contribution in [3.8, 4) is 0 Å². The summed E-state index contributed by atoms with van der Waals surface area (Å²) in [6.45, 7) is 3.24. The van der Waals surface area contributed by atoms with Gasteiger partial charge in [0.15, 0.2) is 0 Å². The van der Waals surface area contributed by atoms with Crippen LogP contribution in [0.1, 0.15) is 38.3 Å². The number of carbonyl (C=O) groups is 1. The third-order valence-electron chi connectivity index (χ3n) is 4.21. The second-order valence-electron chi connectivity index (χ2n) is 6.58. The van der Waals surface area contributed by atoms with Gasteiger partial charge in [-0.3, -0.25) is 9.48 Å². The van der Waals surface area contributed by atoms with Gasteiger partial charge in [-0.15, -0.1) is 5.10 Å². The van der Waals surface area contributed by atoms with E-state index in [-0.39, 0.29) is 30.8 Å². The number of nitrogens with one attached hydrogen (secondary N) is 1. The number of aliphatic hydroxyl groups excluding tert-OH is 1. The molecule has 1 aromatic heterocycles. The average molecular weight is 339 g/mol. The number of ether oxygens (including phenoxy) is 1. The molecule has 0 radical (unpaired) electrons. The molecule has 8 nitrogen and oxygen atoms in total. The van der Waals surface area contributed by atoms with Gasteiger partial charge in [-0.25, -0.2) is 0 Å². The van der Waals surface area contributed by atoms with E-state index < -0.39 is 0 Å². The predicted octanol–water partition coefficient (Wildman–Crippen LogP) is 0.165. The van der Waals surface area contributed by atoms with Gasteiger partial charge in [0.05, 0.1) is 24.4 Å². The van der Waals surface area contributed by atoms with E-state index in [9.17, 15) is 9.90 Å². The number of aromatic nitrogens is 3. The fourth-order valence-corrected chi connectivity index (χ4v) is 2.94. The topological polar surface area (TPSA) is 92.5 Å². The Morgan fingerprint density at radius 2 is 2.29 bits per heavy atom. The number of amides is 1. The van der Waals surface area contributed by atoms with Crippen LogP contribution in [-0.2, 0) is 22.6 Å². The molecule has 8 heteroatoms. The highest BCUT2D eigenvalue weighted by Gasteiger charge is 2.31. The molecular formula is C16H29N5O3. The first kappa shape index (κ1) is 18.8. The number of carbonyl (C=O) groups excluding carboxylic acids is 1. The largest absolute Gasteiger partial charge is 0.394 e. The molecule has 2 heterocycles. The van der Waals surface area contributed by atoms with Gasteiger partial charge in [0.2, 0.25) is 5.91 Å². The van der Waals surface area contributed by atoms with Crippen molar-refractivity contribution >= 4 is 5.91 Å². The summed E-state index contributed by atoms with van der Waals surface area (Å²) < 4.78 is 7.79. The Balaban J connectivity index is 1.80. The summed E-state index contributed by atoms with van der Waals surface area (Å²) in [6.07, 6.45) is 4.64. The molecule has 24 heavy (non-hydrogen) atoms. The highest BCUT2D eigenvalue weighted by atomic mass is 16.5. The number of nitrogens with zero attached hydrogens (tertiary/aromatic N) is 4. The molecule has 1 aliphatic heterocycles. The number of aryl methyl sites for hydroxylation is 1. The van der Waals surface area contributed by atoms with Gasteiger partial charge in [-0.1, -0.05) is 12.1 Å². The van der Waals surface area contributed by atoms with E-state index in [1.165, 1.54) is 0 Å². The summed E-state index contributed by atoms with van der Waals surface area (Å²) in [5.74, 6) is -0.00321. The Kier molecular flexibility index (Phi) is 7.14. The van der Waals surface area contributed by atoms with Crippen molar-refractivity contribution < 1.29 is 14.6 Å². The lowest BCUT2D eigenvalue weighted by Gasteiger charge is -2.36. The molecule has 0 unspecified atom stereocenters. The Morgan fingerprint density at radius 3 is 2.96 bits per heavy atom. The van der Waals surface area contributed by atoms with Crippen molar-refractivity contribution in [1.29, 1.82) is 0 Å². The summed E-state index contributed by atoms with van der Waals surface area (Å²) in [7, 11) is 4.00. The molecule has 0 bridgehead atoms. The van der Waals surface area contributed by atoms with Crippen LogP contribution in [0.25, 0.3) is 0 Å². The van der Waals surface area contributed by atoms with E-state index in [0.717, 1.165) is 38.0 Å². The smallest absolute Gasteiger partial charge is 0.220 e. The van der Waals surface area contributed by atoms with Crippen LogP contribution in [0.3, 0.4) is 0 Å².